The molecule has 0 radical (unpaired) electrons. The molecule has 42 heavy (non-hydrogen) atoms. The summed E-state index contributed by atoms with van der Waals surface area (Å²) in [5.74, 6) is -5.39. The molecule has 2 aromatic heterocycles. The number of nitrogens with one attached hydrogen (secondary N) is 1. The Bertz CT molecular complexity index is 1330. The molecular formula is C26H30F5N5O6. The van der Waals surface area contributed by atoms with Crippen LogP contribution in [-0.4, -0.2) is 79.7 Å². The third-order valence-corrected chi connectivity index (χ3v) is 6.65. The molecule has 0 aliphatic carbocycles. The Balaban J connectivity index is 1.57. The maximum absolute atomic E-state index is 14.2. The SMILES string of the molecule is CC(C)(C)OC(=O)NC(CC(=O)N1CCc2c(nc(-c3ccco3)nc2C(F)(F)F)C1)CN1C(=O)CCC(F)(F)[C@@H]1O. The molecule has 3 amide bonds. The van der Waals surface area contributed by atoms with Crippen molar-refractivity contribution in [3.05, 3.63) is 35.3 Å². The molecule has 0 saturated carbocycles. The zero-order chi connectivity index (χ0) is 31.0. The van der Waals surface area contributed by atoms with Crippen molar-refractivity contribution in [1.82, 2.24) is 25.1 Å². The summed E-state index contributed by atoms with van der Waals surface area (Å²) in [6, 6.07) is 1.57. The van der Waals surface area contributed by atoms with Gasteiger partial charge in [0.05, 0.1) is 24.5 Å². The van der Waals surface area contributed by atoms with Gasteiger partial charge >= 0.3 is 12.3 Å². The molecule has 1 saturated heterocycles. The molecule has 2 aromatic rings. The second kappa shape index (κ2) is 11.5. The van der Waals surface area contributed by atoms with Crippen LogP contribution in [0.5, 0.6) is 0 Å². The van der Waals surface area contributed by atoms with Gasteiger partial charge in [-0.1, -0.05) is 0 Å². The number of ether oxygens (including phenoxy) is 1. The molecule has 0 bridgehead atoms. The van der Waals surface area contributed by atoms with E-state index in [4.69, 9.17) is 9.15 Å². The number of carbonyl (C=O) groups excluding carboxylic acids is 3. The normalized spacial score (nSPS) is 19.7. The van der Waals surface area contributed by atoms with Crippen LogP contribution in [0.1, 0.15) is 57.0 Å². The molecule has 2 aliphatic heterocycles. The first-order valence-electron chi connectivity index (χ1n) is 13.1. The highest BCUT2D eigenvalue weighted by atomic mass is 19.4. The van der Waals surface area contributed by atoms with E-state index in [1.807, 2.05) is 0 Å². The molecule has 4 heterocycles. The maximum atomic E-state index is 14.2. The second-order valence-electron chi connectivity index (χ2n) is 11.1. The molecule has 2 atom stereocenters. The molecule has 0 aromatic carbocycles. The maximum Gasteiger partial charge on any atom is 0.433 e. The minimum absolute atomic E-state index is 0.00469. The molecule has 11 nitrogen and oxygen atoms in total. The van der Waals surface area contributed by atoms with E-state index in [1.165, 1.54) is 23.3 Å². The molecule has 16 heteroatoms. The Morgan fingerprint density at radius 1 is 1.24 bits per heavy atom. The van der Waals surface area contributed by atoms with Gasteiger partial charge in [-0.25, -0.2) is 23.5 Å². The van der Waals surface area contributed by atoms with Crippen molar-refractivity contribution >= 4 is 17.9 Å². The van der Waals surface area contributed by atoms with Crippen molar-refractivity contribution in [2.24, 2.45) is 0 Å². The molecule has 1 fully saturated rings. The van der Waals surface area contributed by atoms with Gasteiger partial charge < -0.3 is 29.4 Å². The summed E-state index contributed by atoms with van der Waals surface area (Å²) in [7, 11) is 0. The Kier molecular flexibility index (Phi) is 8.49. The molecule has 4 rings (SSSR count). The minimum Gasteiger partial charge on any atom is -0.461 e. The van der Waals surface area contributed by atoms with Crippen molar-refractivity contribution in [1.29, 1.82) is 0 Å². The van der Waals surface area contributed by atoms with Crippen LogP contribution in [-0.2, 0) is 33.5 Å². The molecule has 2 N–H and O–H groups in total. The average molecular weight is 604 g/mol. The van der Waals surface area contributed by atoms with Crippen molar-refractivity contribution < 1.29 is 50.6 Å². The number of carbonyl (C=O) groups is 3. The monoisotopic (exact) mass is 603 g/mol. The van der Waals surface area contributed by atoms with Gasteiger partial charge in [-0.3, -0.25) is 9.59 Å². The fourth-order valence-corrected chi connectivity index (χ4v) is 4.72. The third kappa shape index (κ3) is 7.14. The van der Waals surface area contributed by atoms with Crippen LogP contribution in [0, 0.1) is 0 Å². The van der Waals surface area contributed by atoms with E-state index in [2.05, 4.69) is 15.3 Å². The minimum atomic E-state index is -4.80. The number of amides is 3. The van der Waals surface area contributed by atoms with Crippen LogP contribution >= 0.6 is 0 Å². The Hall–Kier alpha value is -3.82. The van der Waals surface area contributed by atoms with Gasteiger partial charge in [0.15, 0.2) is 23.5 Å². The van der Waals surface area contributed by atoms with Gasteiger partial charge in [-0.15, -0.1) is 0 Å². The summed E-state index contributed by atoms with van der Waals surface area (Å²) in [5.41, 5.74) is -2.32. The number of rotatable bonds is 6. The number of nitrogens with zero attached hydrogens (tertiary/aromatic N) is 4. The van der Waals surface area contributed by atoms with E-state index < -0.39 is 79.4 Å². The summed E-state index contributed by atoms with van der Waals surface area (Å²) in [6.45, 7) is 3.59. The fraction of sp³-hybridized carbons (Fsp3) is 0.577. The number of furan rings is 1. The first kappa shape index (κ1) is 31.1. The summed E-state index contributed by atoms with van der Waals surface area (Å²) in [6.07, 6.45) is -9.21. The fourth-order valence-electron chi connectivity index (χ4n) is 4.72. The summed E-state index contributed by atoms with van der Waals surface area (Å²) in [4.78, 5) is 47.8. The molecule has 0 spiro atoms. The van der Waals surface area contributed by atoms with E-state index >= 15 is 0 Å². The number of likely N-dealkylation sites (tertiary alicyclic amines) is 1. The summed E-state index contributed by atoms with van der Waals surface area (Å²) < 4.78 is 80.2. The van der Waals surface area contributed by atoms with Crippen LogP contribution in [0.4, 0.5) is 26.7 Å². The van der Waals surface area contributed by atoms with Crippen molar-refractivity contribution in [2.75, 3.05) is 13.1 Å². The number of hydrogen-bond donors (Lipinski definition) is 2. The van der Waals surface area contributed by atoms with Gasteiger partial charge in [-0.2, -0.15) is 13.2 Å². The molecule has 1 unspecified atom stereocenters. The lowest BCUT2D eigenvalue weighted by atomic mass is 10.0. The number of piperidine rings is 1. The van der Waals surface area contributed by atoms with E-state index in [9.17, 15) is 41.4 Å². The van der Waals surface area contributed by atoms with Crippen LogP contribution in [0.15, 0.2) is 22.8 Å². The quantitative estimate of drug-likeness (QED) is 0.479. The standard InChI is InChI=1S/C26H30F5N5O6/c1-24(2,3)42-23(40)32-14(12-36-18(37)6-8-25(27,28)22(36)39)11-19(38)35-9-7-15-16(13-35)33-21(17-5-4-10-41-17)34-20(15)26(29,30)31/h4-5,10,14,22,39H,6-9,11-13H2,1-3H3,(H,32,40)/t14?,22-/m0/s1. The number of alkyl halides is 5. The van der Waals surface area contributed by atoms with E-state index in [1.54, 1.807) is 20.8 Å². The number of halogens is 5. The van der Waals surface area contributed by atoms with Crippen molar-refractivity contribution in [2.45, 2.75) is 83.0 Å². The van der Waals surface area contributed by atoms with E-state index in [0.29, 0.717) is 4.90 Å². The number of hydrogen-bond acceptors (Lipinski definition) is 8. The van der Waals surface area contributed by atoms with E-state index in [0.717, 1.165) is 0 Å². The third-order valence-electron chi connectivity index (χ3n) is 6.65. The van der Waals surface area contributed by atoms with Crippen LogP contribution < -0.4 is 5.32 Å². The lowest BCUT2D eigenvalue weighted by Crippen LogP contribution is -2.59. The first-order valence-corrected chi connectivity index (χ1v) is 13.1. The lowest BCUT2D eigenvalue weighted by Gasteiger charge is -2.39. The number of aromatic nitrogens is 2. The zero-order valence-corrected chi connectivity index (χ0v) is 23.0. The van der Waals surface area contributed by atoms with Crippen molar-refractivity contribution in [3.63, 3.8) is 0 Å². The smallest absolute Gasteiger partial charge is 0.433 e. The molecule has 2 aliphatic rings. The highest BCUT2D eigenvalue weighted by Crippen LogP contribution is 2.36. The predicted molar refractivity (Wildman–Crippen MR) is 134 cm³/mol. The largest absolute Gasteiger partial charge is 0.461 e. The van der Waals surface area contributed by atoms with Gasteiger partial charge in [0.1, 0.15) is 5.60 Å². The summed E-state index contributed by atoms with van der Waals surface area (Å²) >= 11 is 0. The Morgan fingerprint density at radius 2 is 1.95 bits per heavy atom. The van der Waals surface area contributed by atoms with Gasteiger partial charge in [0.2, 0.25) is 11.8 Å². The van der Waals surface area contributed by atoms with Gasteiger partial charge in [0, 0.05) is 37.9 Å². The Morgan fingerprint density at radius 3 is 2.57 bits per heavy atom. The Labute approximate surface area is 237 Å². The number of aliphatic hydroxyl groups excluding tert-OH is 1. The topological polar surface area (TPSA) is 138 Å². The van der Waals surface area contributed by atoms with E-state index in [-0.39, 0.29) is 42.4 Å². The lowest BCUT2D eigenvalue weighted by molar-refractivity contribution is -0.205. The van der Waals surface area contributed by atoms with Crippen LogP contribution in [0.3, 0.4) is 0 Å². The number of alkyl carbamates (subject to hydrolysis) is 1. The van der Waals surface area contributed by atoms with Crippen LogP contribution in [0.25, 0.3) is 11.6 Å². The van der Waals surface area contributed by atoms with Crippen LogP contribution in [0.2, 0.25) is 0 Å². The second-order valence-corrected chi connectivity index (χ2v) is 11.1. The number of aliphatic hydroxyl groups is 1. The van der Waals surface area contributed by atoms with Gasteiger partial charge in [-0.05, 0) is 39.3 Å². The highest BCUT2D eigenvalue weighted by molar-refractivity contribution is 5.80. The molecule has 230 valence electrons. The number of fused-ring (bicyclic) bond motifs is 1. The average Bonchev–Trinajstić information content (AvgIpc) is 3.41. The first-order chi connectivity index (χ1) is 19.4. The van der Waals surface area contributed by atoms with Crippen molar-refractivity contribution in [3.8, 4) is 11.6 Å². The predicted octanol–water partition coefficient (Wildman–Crippen LogP) is 3.50. The highest BCUT2D eigenvalue weighted by Gasteiger charge is 2.49. The zero-order valence-electron chi connectivity index (χ0n) is 23.0. The summed E-state index contributed by atoms with van der Waals surface area (Å²) in [5, 5.41) is 12.5. The van der Waals surface area contributed by atoms with Gasteiger partial charge in [0.25, 0.3) is 5.92 Å². The molecular weight excluding hydrogens is 573 g/mol.